The maximum absolute atomic E-state index is 14.5. The molecule has 31 heavy (non-hydrogen) atoms. The number of hydrogen-bond donors (Lipinski definition) is 1. The second-order valence-electron chi connectivity index (χ2n) is 9.07. The van der Waals surface area contributed by atoms with Gasteiger partial charge in [0.1, 0.15) is 22.8 Å². The largest absolute Gasteiger partial charge is 0.496 e. The summed E-state index contributed by atoms with van der Waals surface area (Å²) in [4.78, 5) is 0. The summed E-state index contributed by atoms with van der Waals surface area (Å²) >= 11 is 0. The molecule has 0 heterocycles. The predicted octanol–water partition coefficient (Wildman–Crippen LogP) is 6.46. The Morgan fingerprint density at radius 2 is 1.13 bits per heavy atom. The van der Waals surface area contributed by atoms with Gasteiger partial charge in [-0.3, -0.25) is 0 Å². The molecule has 0 aliphatic heterocycles. The van der Waals surface area contributed by atoms with Gasteiger partial charge in [-0.15, -0.1) is 0 Å². The summed E-state index contributed by atoms with van der Waals surface area (Å²) in [7, 11) is 1.33. The molecular weight excluding hydrogens is 475 g/mol. The zero-order valence-corrected chi connectivity index (χ0v) is 22.3. The summed E-state index contributed by atoms with van der Waals surface area (Å²) in [6, 6.07) is 2.67. The molecule has 0 amide bonds. The number of ether oxygens (including phenoxy) is 3. The monoisotopic (exact) mass is 512 g/mol. The third-order valence-electron chi connectivity index (χ3n) is 4.35. The molecular formula is C22H38F3NiO4P. The van der Waals surface area contributed by atoms with E-state index in [1.165, 1.54) is 33.5 Å². The molecule has 1 aromatic carbocycles. The van der Waals surface area contributed by atoms with E-state index in [9.17, 15) is 18.3 Å². The Bertz CT molecular complexity index is 646. The van der Waals surface area contributed by atoms with Crippen LogP contribution in [0.15, 0.2) is 12.1 Å². The number of hydrogen-bond acceptors (Lipinski definition) is 4. The fraction of sp³-hybridized carbons (Fsp3) is 0.682. The van der Waals surface area contributed by atoms with Gasteiger partial charge in [0.15, 0.2) is 0 Å². The van der Waals surface area contributed by atoms with Crippen LogP contribution in [-0.2, 0) is 21.8 Å². The van der Waals surface area contributed by atoms with Crippen molar-refractivity contribution in [2.75, 3.05) is 21.3 Å². The van der Waals surface area contributed by atoms with E-state index in [4.69, 9.17) is 14.2 Å². The van der Waals surface area contributed by atoms with Crippen molar-refractivity contribution in [3.05, 3.63) is 24.1 Å². The Morgan fingerprint density at radius 3 is 1.32 bits per heavy atom. The standard InChI is InChI=1S/C19H30F3O4P.C3H7.Ni/c1-16(2,3)27(17(4,5)6)18(23,19(20,21)22)15-13(25-8)10-12(24-7)11-14(15)26-9;1-3-2;/h10-11,23H,1-9H3;3H,1-2H3;/q;-1;/p+1. The van der Waals surface area contributed by atoms with Crippen LogP contribution < -0.4 is 14.2 Å². The number of benzene rings is 1. The maximum Gasteiger partial charge on any atom is 0.459 e. The summed E-state index contributed by atoms with van der Waals surface area (Å²) in [6.07, 6.45) is -2.93. The predicted molar refractivity (Wildman–Crippen MR) is 120 cm³/mol. The first kappa shape index (κ1) is 32.5. The van der Waals surface area contributed by atoms with Crippen LogP contribution in [0, 0.1) is 6.42 Å². The van der Waals surface area contributed by atoms with Crippen LogP contribution in [0.25, 0.3) is 0 Å². The molecule has 0 aliphatic carbocycles. The molecule has 1 N–H and O–H groups in total. The van der Waals surface area contributed by atoms with Crippen molar-refractivity contribution in [2.24, 2.45) is 0 Å². The molecule has 0 aromatic heterocycles. The van der Waals surface area contributed by atoms with Crippen molar-refractivity contribution < 1.29 is 49.0 Å². The third-order valence-corrected chi connectivity index (χ3v) is 8.61. The van der Waals surface area contributed by atoms with Crippen molar-refractivity contribution in [2.45, 2.75) is 77.2 Å². The Balaban J connectivity index is 0. The molecule has 0 fully saturated rings. The van der Waals surface area contributed by atoms with E-state index in [-0.39, 0.29) is 33.7 Å². The molecule has 4 nitrogen and oxygen atoms in total. The van der Waals surface area contributed by atoms with Crippen molar-refractivity contribution in [1.29, 1.82) is 0 Å². The Hall–Kier alpha value is -0.706. The Morgan fingerprint density at radius 1 is 0.806 bits per heavy atom. The fourth-order valence-electron chi connectivity index (χ4n) is 3.98. The molecule has 186 valence electrons. The van der Waals surface area contributed by atoms with Crippen LogP contribution in [0.2, 0.25) is 0 Å². The Labute approximate surface area is 196 Å². The first-order valence-electron chi connectivity index (χ1n) is 9.69. The normalized spacial score (nSPS) is 14.1. The number of alkyl halides is 3. The molecule has 0 spiro atoms. The van der Waals surface area contributed by atoms with Gasteiger partial charge in [0.2, 0.25) is 0 Å². The molecule has 0 saturated heterocycles. The fourth-order valence-corrected chi connectivity index (χ4v) is 9.18. The molecule has 0 radical (unpaired) electrons. The minimum absolute atomic E-state index is 0. The van der Waals surface area contributed by atoms with Crippen molar-refractivity contribution >= 4 is 7.92 Å². The van der Waals surface area contributed by atoms with Gasteiger partial charge in [0.25, 0.3) is 0 Å². The van der Waals surface area contributed by atoms with Crippen LogP contribution in [-0.4, -0.2) is 42.9 Å². The van der Waals surface area contributed by atoms with E-state index in [1.807, 2.05) is 20.3 Å². The third kappa shape index (κ3) is 7.40. The summed E-state index contributed by atoms with van der Waals surface area (Å²) in [5.74, 6) is 0.0290. The van der Waals surface area contributed by atoms with Gasteiger partial charge in [-0.2, -0.15) is 27.0 Å². The summed E-state index contributed by atoms with van der Waals surface area (Å²) in [5, 5.41) is 6.77. The first-order valence-corrected chi connectivity index (χ1v) is 11.2. The van der Waals surface area contributed by atoms with Gasteiger partial charge in [-0.25, -0.2) is 0 Å². The van der Waals surface area contributed by atoms with E-state index < -0.39 is 35.3 Å². The van der Waals surface area contributed by atoms with E-state index in [0.717, 1.165) is 0 Å². The van der Waals surface area contributed by atoms with E-state index in [2.05, 4.69) is 0 Å². The SMILES string of the molecule is COc1cc(OC)c(C(O)([PH+](C(C)(C)C)C(C)(C)C)C(F)(F)F)c(OC)c1.C[CH-]C.[Ni]. The quantitative estimate of drug-likeness (QED) is 0.279. The second kappa shape index (κ2) is 12.0. The zero-order chi connectivity index (χ0) is 24.1. The van der Waals surface area contributed by atoms with Gasteiger partial charge < -0.3 is 25.7 Å². The summed E-state index contributed by atoms with van der Waals surface area (Å²) < 4.78 is 59.3. The van der Waals surface area contributed by atoms with Gasteiger partial charge >= 0.3 is 11.5 Å². The first-order chi connectivity index (χ1) is 13.5. The number of methoxy groups -OCH3 is 3. The Kier molecular flexibility index (Phi) is 12.5. The van der Waals surface area contributed by atoms with Crippen molar-refractivity contribution in [1.82, 2.24) is 0 Å². The van der Waals surface area contributed by atoms with Crippen LogP contribution in [0.1, 0.15) is 61.0 Å². The van der Waals surface area contributed by atoms with E-state index >= 15 is 0 Å². The van der Waals surface area contributed by atoms with Crippen LogP contribution in [0.3, 0.4) is 0 Å². The molecule has 0 aliphatic rings. The average molecular weight is 513 g/mol. The zero-order valence-electron chi connectivity index (χ0n) is 20.4. The molecule has 1 atom stereocenters. The van der Waals surface area contributed by atoms with Crippen molar-refractivity contribution in [3.8, 4) is 17.2 Å². The maximum atomic E-state index is 14.5. The van der Waals surface area contributed by atoms with Gasteiger partial charge in [0.05, 0.1) is 39.6 Å². The van der Waals surface area contributed by atoms with Gasteiger partial charge in [0, 0.05) is 28.6 Å². The number of rotatable bonds is 5. The molecule has 1 aromatic rings. The molecule has 1 unspecified atom stereocenters. The minimum atomic E-state index is -4.93. The topological polar surface area (TPSA) is 47.9 Å². The molecule has 0 saturated carbocycles. The van der Waals surface area contributed by atoms with Gasteiger partial charge in [-0.1, -0.05) is 0 Å². The molecule has 1 rings (SSSR count). The smallest absolute Gasteiger partial charge is 0.459 e. The second-order valence-corrected chi connectivity index (χ2v) is 13.5. The van der Waals surface area contributed by atoms with Crippen molar-refractivity contribution in [3.63, 3.8) is 0 Å². The van der Waals surface area contributed by atoms with Crippen LogP contribution in [0.4, 0.5) is 13.2 Å². The summed E-state index contributed by atoms with van der Waals surface area (Å²) in [5.41, 5.74) is -0.403. The minimum Gasteiger partial charge on any atom is -0.496 e. The summed E-state index contributed by atoms with van der Waals surface area (Å²) in [6.45, 7) is 14.4. The molecule has 0 bridgehead atoms. The van der Waals surface area contributed by atoms with E-state index in [0.29, 0.717) is 0 Å². The van der Waals surface area contributed by atoms with Crippen LogP contribution in [0.5, 0.6) is 17.2 Å². The molecule has 9 heteroatoms. The van der Waals surface area contributed by atoms with Gasteiger partial charge in [-0.05, 0) is 41.5 Å². The average Bonchev–Trinajstić information content (AvgIpc) is 2.57. The van der Waals surface area contributed by atoms with Crippen LogP contribution >= 0.6 is 7.92 Å². The number of halogens is 3. The number of aliphatic hydroxyl groups is 1. The van der Waals surface area contributed by atoms with E-state index in [1.54, 1.807) is 41.5 Å².